The number of hydrogen-bond donors (Lipinski definition) is 1. The first-order valence-electron chi connectivity index (χ1n) is 8.95. The Kier molecular flexibility index (Phi) is 6.67. The molecule has 3 heteroatoms. The normalized spacial score (nSPS) is 10.5. The van der Waals surface area contributed by atoms with Crippen molar-refractivity contribution >= 4 is 11.9 Å². The van der Waals surface area contributed by atoms with Gasteiger partial charge in [0.2, 0.25) is 0 Å². The maximum absolute atomic E-state index is 12.2. The van der Waals surface area contributed by atoms with E-state index in [0.717, 1.165) is 22.5 Å². The van der Waals surface area contributed by atoms with Gasteiger partial charge < -0.3 is 0 Å². The van der Waals surface area contributed by atoms with Gasteiger partial charge in [-0.25, -0.2) is 0 Å². The SMILES string of the molecule is CC.Cc1ccc(C(=O)/C=C/c2cc(-c3ccc(C)c(C)c3)n[nH]2)cc1. The molecule has 1 aromatic heterocycles. The van der Waals surface area contributed by atoms with Crippen LogP contribution in [-0.4, -0.2) is 16.0 Å². The largest absolute Gasteiger partial charge is 0.289 e. The Bertz CT molecular complexity index is 902. The summed E-state index contributed by atoms with van der Waals surface area (Å²) in [6.45, 7) is 10.2. The van der Waals surface area contributed by atoms with E-state index in [1.165, 1.54) is 11.1 Å². The van der Waals surface area contributed by atoms with Crippen LogP contribution in [0.2, 0.25) is 0 Å². The van der Waals surface area contributed by atoms with E-state index < -0.39 is 0 Å². The molecule has 0 bridgehead atoms. The summed E-state index contributed by atoms with van der Waals surface area (Å²) in [7, 11) is 0. The first-order valence-corrected chi connectivity index (χ1v) is 8.95. The summed E-state index contributed by atoms with van der Waals surface area (Å²) in [6, 6.07) is 15.8. The number of aromatic nitrogens is 2. The number of aryl methyl sites for hydroxylation is 3. The number of aromatic amines is 1. The van der Waals surface area contributed by atoms with Crippen LogP contribution in [0, 0.1) is 20.8 Å². The molecular formula is C23H26N2O. The van der Waals surface area contributed by atoms with Gasteiger partial charge in [0.15, 0.2) is 5.78 Å². The molecule has 0 saturated carbocycles. The minimum atomic E-state index is -0.0164. The zero-order valence-corrected chi connectivity index (χ0v) is 16.1. The third-order valence-electron chi connectivity index (χ3n) is 4.15. The number of ketones is 1. The second-order valence-electron chi connectivity index (χ2n) is 6.07. The van der Waals surface area contributed by atoms with Gasteiger partial charge in [0.25, 0.3) is 0 Å². The van der Waals surface area contributed by atoms with E-state index in [-0.39, 0.29) is 5.78 Å². The van der Waals surface area contributed by atoms with Gasteiger partial charge in [-0.3, -0.25) is 9.89 Å². The summed E-state index contributed by atoms with van der Waals surface area (Å²) in [5.74, 6) is -0.0164. The van der Waals surface area contributed by atoms with Gasteiger partial charge >= 0.3 is 0 Å². The Balaban J connectivity index is 0.00000117. The summed E-state index contributed by atoms with van der Waals surface area (Å²) < 4.78 is 0. The van der Waals surface area contributed by atoms with E-state index in [1.54, 1.807) is 12.2 Å². The van der Waals surface area contributed by atoms with Crippen molar-refractivity contribution in [2.45, 2.75) is 34.6 Å². The van der Waals surface area contributed by atoms with Gasteiger partial charge in [0.1, 0.15) is 0 Å². The lowest BCUT2D eigenvalue weighted by Gasteiger charge is -2.01. The van der Waals surface area contributed by atoms with Crippen LogP contribution in [0.3, 0.4) is 0 Å². The standard InChI is InChI=1S/C21H20N2O.C2H6/c1-14-4-7-17(8-5-14)21(24)11-10-19-13-20(23-22-19)18-9-6-15(2)16(3)12-18;1-2/h4-13H,1-3H3,(H,22,23);1-2H3/b11-10+;. The van der Waals surface area contributed by atoms with Gasteiger partial charge in [-0.2, -0.15) is 5.10 Å². The number of benzene rings is 2. The van der Waals surface area contributed by atoms with E-state index in [2.05, 4.69) is 42.2 Å². The highest BCUT2D eigenvalue weighted by Gasteiger charge is 2.05. The molecule has 3 nitrogen and oxygen atoms in total. The summed E-state index contributed by atoms with van der Waals surface area (Å²) >= 11 is 0. The molecule has 0 radical (unpaired) electrons. The number of carbonyl (C=O) groups is 1. The number of nitrogens with one attached hydrogen (secondary N) is 1. The van der Waals surface area contributed by atoms with Crippen LogP contribution in [-0.2, 0) is 0 Å². The molecule has 1 heterocycles. The molecule has 0 aliphatic carbocycles. The summed E-state index contributed by atoms with van der Waals surface area (Å²) in [5.41, 5.74) is 7.08. The monoisotopic (exact) mass is 346 g/mol. The average molecular weight is 346 g/mol. The highest BCUT2D eigenvalue weighted by molar-refractivity contribution is 6.06. The zero-order valence-electron chi connectivity index (χ0n) is 16.1. The maximum atomic E-state index is 12.2. The van der Waals surface area contributed by atoms with Gasteiger partial charge in [0, 0.05) is 11.1 Å². The smallest absolute Gasteiger partial charge is 0.185 e. The lowest BCUT2D eigenvalue weighted by atomic mass is 10.0. The number of H-pyrrole nitrogens is 1. The second-order valence-corrected chi connectivity index (χ2v) is 6.07. The molecule has 0 aliphatic heterocycles. The van der Waals surface area contributed by atoms with Crippen LogP contribution >= 0.6 is 0 Å². The van der Waals surface area contributed by atoms with Crippen molar-refractivity contribution < 1.29 is 4.79 Å². The molecule has 134 valence electrons. The third kappa shape index (κ3) is 4.79. The molecular weight excluding hydrogens is 320 g/mol. The highest BCUT2D eigenvalue weighted by atomic mass is 16.1. The van der Waals surface area contributed by atoms with Crippen molar-refractivity contribution in [3.63, 3.8) is 0 Å². The Morgan fingerprint density at radius 2 is 1.62 bits per heavy atom. The number of allylic oxidation sites excluding steroid dienone is 1. The molecule has 0 fully saturated rings. The van der Waals surface area contributed by atoms with Gasteiger partial charge in [-0.15, -0.1) is 0 Å². The predicted molar refractivity (Wildman–Crippen MR) is 109 cm³/mol. The topological polar surface area (TPSA) is 45.8 Å². The molecule has 0 saturated heterocycles. The van der Waals surface area contributed by atoms with Gasteiger partial charge in [-0.05, 0) is 56.2 Å². The molecule has 0 unspecified atom stereocenters. The fourth-order valence-corrected chi connectivity index (χ4v) is 2.45. The summed E-state index contributed by atoms with van der Waals surface area (Å²) in [4.78, 5) is 12.2. The lowest BCUT2D eigenvalue weighted by molar-refractivity contribution is 0.104. The van der Waals surface area contributed by atoms with E-state index >= 15 is 0 Å². The van der Waals surface area contributed by atoms with E-state index in [4.69, 9.17) is 0 Å². The summed E-state index contributed by atoms with van der Waals surface area (Å²) in [6.07, 6.45) is 3.34. The van der Waals surface area contributed by atoms with Gasteiger partial charge in [-0.1, -0.05) is 55.8 Å². The van der Waals surface area contributed by atoms with Crippen LogP contribution < -0.4 is 0 Å². The quantitative estimate of drug-likeness (QED) is 0.470. The maximum Gasteiger partial charge on any atom is 0.185 e. The minimum absolute atomic E-state index is 0.0164. The van der Waals surface area contributed by atoms with Crippen LogP contribution in [0.4, 0.5) is 0 Å². The van der Waals surface area contributed by atoms with Crippen molar-refractivity contribution in [3.05, 3.63) is 82.6 Å². The summed E-state index contributed by atoms with van der Waals surface area (Å²) in [5, 5.41) is 7.30. The highest BCUT2D eigenvalue weighted by Crippen LogP contribution is 2.21. The van der Waals surface area contributed by atoms with Crippen molar-refractivity contribution in [2.24, 2.45) is 0 Å². The molecule has 26 heavy (non-hydrogen) atoms. The number of hydrogen-bond acceptors (Lipinski definition) is 2. The molecule has 1 N–H and O–H groups in total. The first-order chi connectivity index (χ1) is 12.5. The molecule has 3 rings (SSSR count). The minimum Gasteiger partial charge on any atom is -0.289 e. The predicted octanol–water partition coefficient (Wildman–Crippen LogP) is 5.92. The van der Waals surface area contributed by atoms with Crippen LogP contribution in [0.15, 0.2) is 54.6 Å². The van der Waals surface area contributed by atoms with Crippen LogP contribution in [0.25, 0.3) is 17.3 Å². The third-order valence-corrected chi connectivity index (χ3v) is 4.15. The Morgan fingerprint density at radius 1 is 0.923 bits per heavy atom. The van der Waals surface area contributed by atoms with Crippen LogP contribution in [0.1, 0.15) is 46.6 Å². The molecule has 2 aromatic carbocycles. The fraction of sp³-hybridized carbons (Fsp3) is 0.217. The Morgan fingerprint density at radius 3 is 2.27 bits per heavy atom. The molecule has 3 aromatic rings. The van der Waals surface area contributed by atoms with E-state index in [9.17, 15) is 4.79 Å². The van der Waals surface area contributed by atoms with Crippen LogP contribution in [0.5, 0.6) is 0 Å². The fourth-order valence-electron chi connectivity index (χ4n) is 2.45. The van der Waals surface area contributed by atoms with Crippen molar-refractivity contribution in [2.75, 3.05) is 0 Å². The zero-order chi connectivity index (χ0) is 19.1. The molecule has 0 amide bonds. The van der Waals surface area contributed by atoms with Gasteiger partial charge in [0.05, 0.1) is 11.4 Å². The van der Waals surface area contributed by atoms with Crippen molar-refractivity contribution in [3.8, 4) is 11.3 Å². The molecule has 0 aliphatic rings. The number of nitrogens with zero attached hydrogens (tertiary/aromatic N) is 1. The van der Waals surface area contributed by atoms with Crippen molar-refractivity contribution in [1.82, 2.24) is 10.2 Å². The first kappa shape index (κ1) is 19.4. The van der Waals surface area contributed by atoms with E-state index in [0.29, 0.717) is 5.56 Å². The Hall–Kier alpha value is -2.94. The molecule has 0 atom stereocenters. The number of rotatable bonds is 4. The molecule has 0 spiro atoms. The Labute approximate surface area is 155 Å². The lowest BCUT2D eigenvalue weighted by Crippen LogP contribution is -1.93. The second kappa shape index (κ2) is 8.95. The number of carbonyl (C=O) groups excluding carboxylic acids is 1. The van der Waals surface area contributed by atoms with Crippen molar-refractivity contribution in [1.29, 1.82) is 0 Å². The van der Waals surface area contributed by atoms with E-state index in [1.807, 2.05) is 51.1 Å². The average Bonchev–Trinajstić information content (AvgIpc) is 3.13.